The molecule has 1 heterocycles. The van der Waals surface area contributed by atoms with Crippen LogP contribution in [0.4, 0.5) is 5.69 Å². The van der Waals surface area contributed by atoms with Crippen LogP contribution < -0.4 is 4.90 Å². The molecule has 4 heteroatoms. The molecule has 1 saturated heterocycles. The summed E-state index contributed by atoms with van der Waals surface area (Å²) in [5.41, 5.74) is 1.87. The Balaban J connectivity index is 2.31. The molecule has 3 nitrogen and oxygen atoms in total. The Kier molecular flexibility index (Phi) is 3.23. The lowest BCUT2D eigenvalue weighted by Gasteiger charge is -2.20. The molecule has 0 spiro atoms. The third-order valence-corrected chi connectivity index (χ3v) is 3.52. The van der Waals surface area contributed by atoms with E-state index in [1.54, 1.807) is 0 Å². The van der Waals surface area contributed by atoms with E-state index in [0.717, 1.165) is 0 Å². The molecular weight excluding hydrogens is 246 g/mol. The van der Waals surface area contributed by atoms with Crippen molar-refractivity contribution < 1.29 is 9.59 Å². The zero-order valence-corrected chi connectivity index (χ0v) is 11.7. The van der Waals surface area contributed by atoms with Gasteiger partial charge in [0, 0.05) is 6.42 Å². The van der Waals surface area contributed by atoms with Crippen molar-refractivity contribution in [3.63, 3.8) is 0 Å². The van der Waals surface area contributed by atoms with E-state index in [0.29, 0.717) is 5.69 Å². The number of rotatable bonds is 1. The molecule has 0 radical (unpaired) electrons. The monoisotopic (exact) mass is 263 g/mol. The Bertz CT molecular complexity index is 488. The summed E-state index contributed by atoms with van der Waals surface area (Å²) < 4.78 is 0. The molecular formula is C14H17NO2S. The molecule has 2 amide bonds. The second-order valence-electron chi connectivity index (χ2n) is 5.58. The summed E-state index contributed by atoms with van der Waals surface area (Å²) in [4.78, 5) is 24.8. The zero-order valence-electron chi connectivity index (χ0n) is 10.8. The van der Waals surface area contributed by atoms with Crippen LogP contribution in [-0.2, 0) is 15.0 Å². The summed E-state index contributed by atoms with van der Waals surface area (Å²) in [5.74, 6) is -0.407. The van der Waals surface area contributed by atoms with Crippen LogP contribution in [0.2, 0.25) is 0 Å². The molecule has 18 heavy (non-hydrogen) atoms. The standard InChI is InChI=1S/C14H17NO2S/c1-14(2,3)9-4-6-10(7-5-9)15-12(16)8-11(18)13(15)17/h4-7,11,18H,8H2,1-3H3. The SMILES string of the molecule is CC(C)(C)c1ccc(N2C(=O)CC(S)C2=O)cc1. The first-order valence-corrected chi connectivity index (χ1v) is 6.48. The maximum Gasteiger partial charge on any atom is 0.247 e. The molecule has 1 aliphatic heterocycles. The predicted molar refractivity (Wildman–Crippen MR) is 75.0 cm³/mol. The largest absolute Gasteiger partial charge is 0.274 e. The fourth-order valence-corrected chi connectivity index (χ4v) is 2.27. The lowest BCUT2D eigenvalue weighted by atomic mass is 9.87. The van der Waals surface area contributed by atoms with Gasteiger partial charge in [0.25, 0.3) is 0 Å². The molecule has 0 saturated carbocycles. The van der Waals surface area contributed by atoms with Crippen molar-refractivity contribution in [3.8, 4) is 0 Å². The number of thiol groups is 1. The summed E-state index contributed by atoms with van der Waals surface area (Å²) >= 11 is 4.11. The van der Waals surface area contributed by atoms with E-state index in [-0.39, 0.29) is 23.7 Å². The summed E-state index contributed by atoms with van der Waals surface area (Å²) in [6.07, 6.45) is 0.183. The lowest BCUT2D eigenvalue weighted by Crippen LogP contribution is -2.30. The molecule has 0 N–H and O–H groups in total. The van der Waals surface area contributed by atoms with Gasteiger partial charge < -0.3 is 0 Å². The van der Waals surface area contributed by atoms with Gasteiger partial charge in [-0.05, 0) is 23.1 Å². The van der Waals surface area contributed by atoms with Crippen LogP contribution in [-0.4, -0.2) is 17.1 Å². The van der Waals surface area contributed by atoms with Crippen LogP contribution in [0.15, 0.2) is 24.3 Å². The van der Waals surface area contributed by atoms with Gasteiger partial charge in [0.1, 0.15) is 0 Å². The first kappa shape index (κ1) is 13.1. The molecule has 1 aromatic rings. The number of imide groups is 1. The average Bonchev–Trinajstić information content (AvgIpc) is 2.52. The normalized spacial score (nSPS) is 20.7. The fourth-order valence-electron chi connectivity index (χ4n) is 2.00. The number of benzene rings is 1. The smallest absolute Gasteiger partial charge is 0.247 e. The number of carbonyl (C=O) groups is 2. The number of nitrogens with zero attached hydrogens (tertiary/aromatic N) is 1. The molecule has 2 rings (SSSR count). The number of carbonyl (C=O) groups excluding carboxylic acids is 2. The van der Waals surface area contributed by atoms with Gasteiger partial charge in [-0.3, -0.25) is 9.59 Å². The van der Waals surface area contributed by atoms with Crippen molar-refractivity contribution in [2.75, 3.05) is 4.90 Å². The third kappa shape index (κ3) is 2.29. The molecule has 1 fully saturated rings. The Morgan fingerprint density at radius 3 is 2.11 bits per heavy atom. The molecule has 1 aromatic carbocycles. The Morgan fingerprint density at radius 1 is 1.17 bits per heavy atom. The van der Waals surface area contributed by atoms with Gasteiger partial charge >= 0.3 is 0 Å². The van der Waals surface area contributed by atoms with E-state index in [2.05, 4.69) is 33.4 Å². The van der Waals surface area contributed by atoms with Crippen LogP contribution in [0.3, 0.4) is 0 Å². The summed E-state index contributed by atoms with van der Waals surface area (Å²) in [6.45, 7) is 6.37. The molecule has 0 aliphatic carbocycles. The Labute approximate surface area is 113 Å². The van der Waals surface area contributed by atoms with Gasteiger partial charge in [-0.25, -0.2) is 4.90 Å². The van der Waals surface area contributed by atoms with Gasteiger partial charge in [-0.1, -0.05) is 32.9 Å². The van der Waals surface area contributed by atoms with Crippen molar-refractivity contribution in [2.24, 2.45) is 0 Å². The third-order valence-electron chi connectivity index (χ3n) is 3.11. The quantitative estimate of drug-likeness (QED) is 0.624. The lowest BCUT2D eigenvalue weighted by molar-refractivity contribution is -0.121. The van der Waals surface area contributed by atoms with E-state index in [1.165, 1.54) is 10.5 Å². The molecule has 96 valence electrons. The highest BCUT2D eigenvalue weighted by atomic mass is 32.1. The van der Waals surface area contributed by atoms with E-state index < -0.39 is 5.25 Å². The molecule has 1 atom stereocenters. The highest BCUT2D eigenvalue weighted by Gasteiger charge is 2.37. The minimum Gasteiger partial charge on any atom is -0.274 e. The summed E-state index contributed by atoms with van der Waals surface area (Å²) in [5, 5.41) is -0.500. The summed E-state index contributed by atoms with van der Waals surface area (Å²) in [7, 11) is 0. The number of hydrogen-bond donors (Lipinski definition) is 1. The van der Waals surface area contributed by atoms with Gasteiger partial charge in [0.05, 0.1) is 10.9 Å². The first-order chi connectivity index (χ1) is 8.30. The highest BCUT2D eigenvalue weighted by Crippen LogP contribution is 2.28. The first-order valence-electron chi connectivity index (χ1n) is 5.96. The second-order valence-corrected chi connectivity index (χ2v) is 6.21. The predicted octanol–water partition coefficient (Wildman–Crippen LogP) is 2.55. The highest BCUT2D eigenvalue weighted by molar-refractivity contribution is 7.82. The molecule has 1 unspecified atom stereocenters. The van der Waals surface area contributed by atoms with Crippen molar-refractivity contribution in [1.82, 2.24) is 0 Å². The second kappa shape index (κ2) is 4.43. The van der Waals surface area contributed by atoms with Crippen LogP contribution in [0.1, 0.15) is 32.8 Å². The Morgan fingerprint density at radius 2 is 1.72 bits per heavy atom. The minimum absolute atomic E-state index is 0.0592. The number of amides is 2. The molecule has 0 bridgehead atoms. The fraction of sp³-hybridized carbons (Fsp3) is 0.429. The summed E-state index contributed by atoms with van der Waals surface area (Å²) in [6, 6.07) is 7.56. The van der Waals surface area contributed by atoms with Crippen LogP contribution in [0.5, 0.6) is 0 Å². The van der Waals surface area contributed by atoms with E-state index in [9.17, 15) is 9.59 Å². The average molecular weight is 263 g/mol. The van der Waals surface area contributed by atoms with E-state index >= 15 is 0 Å². The minimum atomic E-state index is -0.500. The number of anilines is 1. The topological polar surface area (TPSA) is 37.4 Å². The zero-order chi connectivity index (χ0) is 13.5. The van der Waals surface area contributed by atoms with Crippen LogP contribution in [0.25, 0.3) is 0 Å². The van der Waals surface area contributed by atoms with E-state index in [4.69, 9.17) is 0 Å². The van der Waals surface area contributed by atoms with Crippen LogP contribution >= 0.6 is 12.6 Å². The van der Waals surface area contributed by atoms with Crippen molar-refractivity contribution in [1.29, 1.82) is 0 Å². The van der Waals surface area contributed by atoms with Crippen molar-refractivity contribution in [3.05, 3.63) is 29.8 Å². The van der Waals surface area contributed by atoms with Crippen molar-refractivity contribution >= 4 is 30.1 Å². The molecule has 0 aromatic heterocycles. The Hall–Kier alpha value is -1.29. The van der Waals surface area contributed by atoms with Gasteiger partial charge in [0.15, 0.2) is 0 Å². The van der Waals surface area contributed by atoms with Gasteiger partial charge in [-0.2, -0.15) is 12.6 Å². The molecule has 1 aliphatic rings. The van der Waals surface area contributed by atoms with E-state index in [1.807, 2.05) is 24.3 Å². The van der Waals surface area contributed by atoms with Crippen molar-refractivity contribution in [2.45, 2.75) is 37.9 Å². The van der Waals surface area contributed by atoms with Crippen LogP contribution in [0, 0.1) is 0 Å². The maximum atomic E-state index is 11.8. The van der Waals surface area contributed by atoms with Gasteiger partial charge in [-0.15, -0.1) is 0 Å². The number of hydrogen-bond acceptors (Lipinski definition) is 3. The maximum absolute atomic E-state index is 11.8. The van der Waals surface area contributed by atoms with Gasteiger partial charge in [0.2, 0.25) is 11.8 Å².